The van der Waals surface area contributed by atoms with Crippen molar-refractivity contribution in [2.24, 2.45) is 0 Å². The van der Waals surface area contributed by atoms with Crippen LogP contribution in [0.4, 0.5) is 0 Å². The molecule has 120 valence electrons. The van der Waals surface area contributed by atoms with E-state index >= 15 is 0 Å². The molecule has 2 aromatic rings. The van der Waals surface area contributed by atoms with Crippen LogP contribution in [0.2, 0.25) is 0 Å². The lowest BCUT2D eigenvalue weighted by atomic mass is 10.2. The van der Waals surface area contributed by atoms with Crippen LogP contribution >= 0.6 is 0 Å². The molecule has 1 aromatic carbocycles. The zero-order chi connectivity index (χ0) is 16.4. The minimum atomic E-state index is -1.13. The van der Waals surface area contributed by atoms with Crippen molar-refractivity contribution in [2.75, 3.05) is 13.3 Å². The summed E-state index contributed by atoms with van der Waals surface area (Å²) in [7, 11) is 0. The third-order valence-corrected chi connectivity index (χ3v) is 3.54. The number of hydrogen-bond donors (Lipinski definition) is 1. The van der Waals surface area contributed by atoms with E-state index in [2.05, 4.69) is 0 Å². The molecule has 0 fully saturated rings. The Morgan fingerprint density at radius 1 is 1.22 bits per heavy atom. The number of aromatic carboxylic acids is 1. The molecule has 0 unspecified atom stereocenters. The van der Waals surface area contributed by atoms with Crippen molar-refractivity contribution in [3.63, 3.8) is 0 Å². The lowest BCUT2D eigenvalue weighted by Crippen LogP contribution is -2.30. The van der Waals surface area contributed by atoms with Gasteiger partial charge in [-0.05, 0) is 24.6 Å². The summed E-state index contributed by atoms with van der Waals surface area (Å²) in [4.78, 5) is 24.9. The Morgan fingerprint density at radius 2 is 2.00 bits per heavy atom. The first kappa shape index (κ1) is 15.0. The predicted molar refractivity (Wildman–Crippen MR) is 78.6 cm³/mol. The highest BCUT2D eigenvalue weighted by atomic mass is 16.7. The van der Waals surface area contributed by atoms with Gasteiger partial charge in [0.1, 0.15) is 6.26 Å². The number of benzene rings is 1. The Labute approximate surface area is 132 Å². The van der Waals surface area contributed by atoms with Crippen molar-refractivity contribution in [2.45, 2.75) is 13.5 Å². The summed E-state index contributed by atoms with van der Waals surface area (Å²) in [6, 6.07) is 6.70. The maximum absolute atomic E-state index is 12.4. The summed E-state index contributed by atoms with van der Waals surface area (Å²) in [5.41, 5.74) is 0.835. The number of furan rings is 1. The number of carbonyl (C=O) groups is 2. The van der Waals surface area contributed by atoms with E-state index in [4.69, 9.17) is 19.0 Å². The van der Waals surface area contributed by atoms with Crippen molar-refractivity contribution >= 4 is 11.9 Å². The smallest absolute Gasteiger partial charge is 0.338 e. The van der Waals surface area contributed by atoms with Gasteiger partial charge in [-0.1, -0.05) is 6.07 Å². The Bertz CT molecular complexity index is 751. The van der Waals surface area contributed by atoms with Crippen molar-refractivity contribution in [1.82, 2.24) is 4.90 Å². The van der Waals surface area contributed by atoms with Crippen molar-refractivity contribution in [3.8, 4) is 11.5 Å². The largest absolute Gasteiger partial charge is 0.478 e. The number of ether oxygens (including phenoxy) is 2. The molecule has 0 radical (unpaired) electrons. The van der Waals surface area contributed by atoms with E-state index < -0.39 is 5.97 Å². The molecule has 1 amide bonds. The summed E-state index contributed by atoms with van der Waals surface area (Å²) in [5, 5.41) is 8.89. The highest BCUT2D eigenvalue weighted by molar-refractivity contribution is 5.95. The van der Waals surface area contributed by atoms with Gasteiger partial charge in [0, 0.05) is 19.2 Å². The third kappa shape index (κ3) is 2.98. The minimum absolute atomic E-state index is 0.00462. The molecule has 1 aromatic heterocycles. The van der Waals surface area contributed by atoms with Gasteiger partial charge < -0.3 is 23.9 Å². The predicted octanol–water partition coefficient (Wildman–Crippen LogP) is 2.37. The summed E-state index contributed by atoms with van der Waals surface area (Å²) in [5.74, 6) is -0.160. The number of fused-ring (bicyclic) bond motifs is 1. The van der Waals surface area contributed by atoms with Gasteiger partial charge in [0.05, 0.1) is 5.56 Å². The molecular formula is C16H15NO6. The molecule has 0 saturated heterocycles. The lowest BCUT2D eigenvalue weighted by Gasteiger charge is -2.19. The first-order valence-electron chi connectivity index (χ1n) is 7.08. The SMILES string of the molecule is CCN(Cc1ccc2c(c1)OCO2)C(=O)c1cc(C(=O)O)co1. The first-order chi connectivity index (χ1) is 11.1. The second kappa shape index (κ2) is 6.04. The van der Waals surface area contributed by atoms with Crippen LogP contribution in [0, 0.1) is 0 Å². The highest BCUT2D eigenvalue weighted by Gasteiger charge is 2.21. The fraction of sp³-hybridized carbons (Fsp3) is 0.250. The summed E-state index contributed by atoms with van der Waals surface area (Å²) < 4.78 is 15.6. The Morgan fingerprint density at radius 3 is 2.70 bits per heavy atom. The van der Waals surface area contributed by atoms with Crippen molar-refractivity contribution in [1.29, 1.82) is 0 Å². The first-order valence-corrected chi connectivity index (χ1v) is 7.08. The molecule has 7 heteroatoms. The quantitative estimate of drug-likeness (QED) is 0.910. The lowest BCUT2D eigenvalue weighted by molar-refractivity contribution is 0.0693. The van der Waals surface area contributed by atoms with Gasteiger partial charge in [0.15, 0.2) is 17.3 Å². The Balaban J connectivity index is 1.76. The number of carboxylic acid groups (broad SMARTS) is 1. The van der Waals surface area contributed by atoms with Crippen LogP contribution in [-0.4, -0.2) is 35.2 Å². The molecule has 3 rings (SSSR count). The zero-order valence-electron chi connectivity index (χ0n) is 12.4. The molecular weight excluding hydrogens is 302 g/mol. The van der Waals surface area contributed by atoms with Crippen LogP contribution in [0.25, 0.3) is 0 Å². The van der Waals surface area contributed by atoms with Crippen molar-refractivity contribution in [3.05, 3.63) is 47.4 Å². The molecule has 7 nitrogen and oxygen atoms in total. The fourth-order valence-corrected chi connectivity index (χ4v) is 2.30. The molecule has 1 aliphatic rings. The molecule has 0 bridgehead atoms. The van der Waals surface area contributed by atoms with Crippen LogP contribution in [-0.2, 0) is 6.54 Å². The molecule has 1 aliphatic heterocycles. The molecule has 0 atom stereocenters. The van der Waals surface area contributed by atoms with Crippen LogP contribution in [0.15, 0.2) is 34.9 Å². The monoisotopic (exact) mass is 317 g/mol. The number of carbonyl (C=O) groups excluding carboxylic acids is 1. The van der Waals surface area contributed by atoms with Crippen LogP contribution < -0.4 is 9.47 Å². The topological polar surface area (TPSA) is 89.2 Å². The van der Waals surface area contributed by atoms with E-state index in [1.54, 1.807) is 11.0 Å². The normalized spacial score (nSPS) is 12.2. The molecule has 1 N–H and O–H groups in total. The Kier molecular flexibility index (Phi) is 3.92. The van der Waals surface area contributed by atoms with E-state index in [1.165, 1.54) is 6.07 Å². The van der Waals surface area contributed by atoms with E-state index in [9.17, 15) is 9.59 Å². The average Bonchev–Trinajstić information content (AvgIpc) is 3.20. The van der Waals surface area contributed by atoms with Gasteiger partial charge in [-0.3, -0.25) is 4.79 Å². The fourth-order valence-electron chi connectivity index (χ4n) is 2.30. The number of rotatable bonds is 5. The van der Waals surface area contributed by atoms with Crippen LogP contribution in [0.5, 0.6) is 11.5 Å². The molecule has 23 heavy (non-hydrogen) atoms. The van der Waals surface area contributed by atoms with Gasteiger partial charge in [-0.15, -0.1) is 0 Å². The van der Waals surface area contributed by atoms with Gasteiger partial charge in [0.25, 0.3) is 5.91 Å². The van der Waals surface area contributed by atoms with Crippen molar-refractivity contribution < 1.29 is 28.6 Å². The third-order valence-electron chi connectivity index (χ3n) is 3.54. The van der Waals surface area contributed by atoms with E-state index in [0.29, 0.717) is 24.6 Å². The summed E-state index contributed by atoms with van der Waals surface area (Å²) in [6.07, 6.45) is 1.06. The molecule has 0 spiro atoms. The van der Waals surface area contributed by atoms with Gasteiger partial charge in [-0.25, -0.2) is 4.79 Å². The number of hydrogen-bond acceptors (Lipinski definition) is 5. The average molecular weight is 317 g/mol. The van der Waals surface area contributed by atoms with E-state index in [0.717, 1.165) is 11.8 Å². The van der Waals surface area contributed by atoms with Gasteiger partial charge in [-0.2, -0.15) is 0 Å². The number of nitrogens with zero attached hydrogens (tertiary/aromatic N) is 1. The second-order valence-corrected chi connectivity index (χ2v) is 5.01. The Hall–Kier alpha value is -2.96. The van der Waals surface area contributed by atoms with Crippen LogP contribution in [0.1, 0.15) is 33.4 Å². The van der Waals surface area contributed by atoms with Gasteiger partial charge in [0.2, 0.25) is 6.79 Å². The summed E-state index contributed by atoms with van der Waals surface area (Å²) in [6.45, 7) is 2.84. The van der Waals surface area contributed by atoms with Crippen LogP contribution in [0.3, 0.4) is 0 Å². The standard InChI is InChI=1S/C16H15NO6/c1-2-17(15(18)14-6-11(8-21-14)16(19)20)7-10-3-4-12-13(5-10)23-9-22-12/h3-6,8H,2,7,9H2,1H3,(H,19,20). The van der Waals surface area contributed by atoms with E-state index in [-0.39, 0.29) is 24.0 Å². The second-order valence-electron chi connectivity index (χ2n) is 5.01. The zero-order valence-corrected chi connectivity index (χ0v) is 12.4. The summed E-state index contributed by atoms with van der Waals surface area (Å²) >= 11 is 0. The highest BCUT2D eigenvalue weighted by Crippen LogP contribution is 2.32. The number of amides is 1. The van der Waals surface area contributed by atoms with Gasteiger partial charge >= 0.3 is 5.97 Å². The molecule has 2 heterocycles. The molecule has 0 aliphatic carbocycles. The molecule has 0 saturated carbocycles. The minimum Gasteiger partial charge on any atom is -0.478 e. The maximum Gasteiger partial charge on any atom is 0.338 e. The number of carboxylic acids is 1. The maximum atomic E-state index is 12.4. The van der Waals surface area contributed by atoms with E-state index in [1.807, 2.05) is 19.1 Å².